The van der Waals surface area contributed by atoms with Crippen LogP contribution in [0.5, 0.6) is 0 Å². The van der Waals surface area contributed by atoms with Gasteiger partial charge in [0.05, 0.1) is 17.0 Å². The number of hydrogen-bond acceptors (Lipinski definition) is 5. The van der Waals surface area contributed by atoms with E-state index < -0.39 is 35.0 Å². The molecule has 0 saturated carbocycles. The van der Waals surface area contributed by atoms with Crippen LogP contribution in [0.15, 0.2) is 34.2 Å². The van der Waals surface area contributed by atoms with Crippen molar-refractivity contribution in [3.63, 3.8) is 0 Å². The molecular weight excluding hydrogens is 397 g/mol. The predicted molar refractivity (Wildman–Crippen MR) is 97.3 cm³/mol. The number of nitrogens with zero attached hydrogens (tertiary/aromatic N) is 1. The van der Waals surface area contributed by atoms with Crippen LogP contribution in [-0.4, -0.2) is 27.5 Å². The third-order valence-electron chi connectivity index (χ3n) is 3.98. The molecule has 3 N–H and O–H groups in total. The number of aromatic nitrogens is 2. The van der Waals surface area contributed by atoms with Gasteiger partial charge in [-0.15, -0.1) is 0 Å². The topological polar surface area (TPSA) is 104 Å². The van der Waals surface area contributed by atoms with Crippen LogP contribution in [0.4, 0.5) is 24.7 Å². The van der Waals surface area contributed by atoms with Crippen molar-refractivity contribution >= 4 is 35.1 Å². The van der Waals surface area contributed by atoms with Crippen molar-refractivity contribution in [3.05, 3.63) is 45.7 Å². The first-order chi connectivity index (χ1) is 13.2. The van der Waals surface area contributed by atoms with Crippen molar-refractivity contribution in [2.24, 2.45) is 0 Å². The van der Waals surface area contributed by atoms with Crippen LogP contribution < -0.4 is 16.2 Å². The number of hydrogen-bond donors (Lipinski definition) is 3. The zero-order chi connectivity index (χ0) is 20.5. The van der Waals surface area contributed by atoms with Gasteiger partial charge in [0.2, 0.25) is 11.8 Å². The van der Waals surface area contributed by atoms with Gasteiger partial charge in [-0.1, -0.05) is 24.8 Å². The van der Waals surface area contributed by atoms with Gasteiger partial charge in [0.25, 0.3) is 5.56 Å². The number of rotatable bonds is 4. The molecule has 1 unspecified atom stereocenters. The fourth-order valence-electron chi connectivity index (χ4n) is 2.78. The quantitative estimate of drug-likeness (QED) is 0.529. The Morgan fingerprint density at radius 2 is 2.11 bits per heavy atom. The number of nitrogens with one attached hydrogen (secondary N) is 3. The van der Waals surface area contributed by atoms with Crippen LogP contribution in [0.1, 0.15) is 30.4 Å². The molecule has 0 fully saturated rings. The van der Waals surface area contributed by atoms with E-state index in [-0.39, 0.29) is 23.5 Å². The molecule has 0 bridgehead atoms. The summed E-state index contributed by atoms with van der Waals surface area (Å²) in [5.41, 5.74) is -1.61. The van der Waals surface area contributed by atoms with Crippen LogP contribution in [-0.2, 0) is 15.8 Å². The van der Waals surface area contributed by atoms with Crippen molar-refractivity contribution < 1.29 is 22.8 Å². The smallest absolute Gasteiger partial charge is 0.326 e. The number of carbonyl (C=O) groups is 2. The van der Waals surface area contributed by atoms with Gasteiger partial charge in [0.15, 0.2) is 5.16 Å². The maximum Gasteiger partial charge on any atom is 0.416 e. The minimum absolute atomic E-state index is 0.0138. The third kappa shape index (κ3) is 4.19. The molecule has 28 heavy (non-hydrogen) atoms. The Kier molecular flexibility index (Phi) is 5.45. The summed E-state index contributed by atoms with van der Waals surface area (Å²) in [5, 5.41) is 5.11. The number of halogens is 3. The first-order valence-corrected chi connectivity index (χ1v) is 9.22. The van der Waals surface area contributed by atoms with Crippen LogP contribution in [0.2, 0.25) is 0 Å². The lowest BCUT2D eigenvalue weighted by Gasteiger charge is -2.23. The average molecular weight is 412 g/mol. The highest BCUT2D eigenvalue weighted by Gasteiger charge is 2.35. The van der Waals surface area contributed by atoms with Gasteiger partial charge in [0.1, 0.15) is 5.82 Å². The molecule has 1 aromatic heterocycles. The molecule has 0 spiro atoms. The summed E-state index contributed by atoms with van der Waals surface area (Å²) in [7, 11) is 0. The third-order valence-corrected chi connectivity index (χ3v) is 4.74. The Hall–Kier alpha value is -2.82. The van der Waals surface area contributed by atoms with E-state index in [0.29, 0.717) is 10.9 Å². The van der Waals surface area contributed by atoms with E-state index in [1.165, 1.54) is 17.8 Å². The molecule has 1 atom stereocenters. The summed E-state index contributed by atoms with van der Waals surface area (Å²) in [6.07, 6.45) is -4.88. The van der Waals surface area contributed by atoms with Crippen molar-refractivity contribution in [2.45, 2.75) is 30.6 Å². The lowest BCUT2D eigenvalue weighted by atomic mass is 9.92. The molecule has 1 aliphatic rings. The normalized spacial score (nSPS) is 16.3. The first-order valence-electron chi connectivity index (χ1n) is 8.24. The summed E-state index contributed by atoms with van der Waals surface area (Å²) in [4.78, 5) is 43.7. The monoisotopic (exact) mass is 412 g/mol. The van der Waals surface area contributed by atoms with Crippen molar-refractivity contribution in [2.75, 3.05) is 16.4 Å². The van der Waals surface area contributed by atoms with Gasteiger partial charge in [-0.2, -0.15) is 13.2 Å². The van der Waals surface area contributed by atoms with Gasteiger partial charge < -0.3 is 15.6 Å². The second-order valence-corrected chi connectivity index (χ2v) is 7.19. The second-order valence-electron chi connectivity index (χ2n) is 5.94. The number of anilines is 2. The SMILES string of the molecule is CCSc1nc2c(c(=O)[nH]1)C(C(=O)Nc1cccc(C(F)(F)F)c1)CC(=O)N2. The molecular formula is C17H15F3N4O3S. The van der Waals surface area contributed by atoms with Gasteiger partial charge in [0, 0.05) is 12.1 Å². The fourth-order valence-corrected chi connectivity index (χ4v) is 3.38. The van der Waals surface area contributed by atoms with Gasteiger partial charge in [-0.25, -0.2) is 4.98 Å². The largest absolute Gasteiger partial charge is 0.416 e. The fraction of sp³-hybridized carbons (Fsp3) is 0.294. The Morgan fingerprint density at radius 3 is 2.79 bits per heavy atom. The van der Waals surface area contributed by atoms with Crippen LogP contribution >= 0.6 is 11.8 Å². The number of benzene rings is 1. The summed E-state index contributed by atoms with van der Waals surface area (Å²) in [5.74, 6) is -1.83. The zero-order valence-electron chi connectivity index (χ0n) is 14.5. The average Bonchev–Trinajstić information content (AvgIpc) is 2.60. The molecule has 2 aromatic rings. The first kappa shape index (κ1) is 19.9. The number of H-pyrrole nitrogens is 1. The minimum Gasteiger partial charge on any atom is -0.326 e. The highest BCUT2D eigenvalue weighted by atomic mass is 32.2. The van der Waals surface area contributed by atoms with Gasteiger partial charge in [-0.05, 0) is 24.0 Å². The van der Waals surface area contributed by atoms with E-state index in [1.54, 1.807) is 0 Å². The number of aromatic amines is 1. The Bertz CT molecular complexity index is 990. The lowest BCUT2D eigenvalue weighted by Crippen LogP contribution is -2.36. The Balaban J connectivity index is 1.92. The molecule has 7 nitrogen and oxygen atoms in total. The number of alkyl halides is 3. The second kappa shape index (κ2) is 7.66. The summed E-state index contributed by atoms with van der Waals surface area (Å²) in [6, 6.07) is 4.11. The van der Waals surface area contributed by atoms with Crippen molar-refractivity contribution in [3.8, 4) is 0 Å². The molecule has 1 aromatic carbocycles. The van der Waals surface area contributed by atoms with Crippen molar-refractivity contribution in [1.29, 1.82) is 0 Å². The highest BCUT2D eigenvalue weighted by Crippen LogP contribution is 2.32. The molecule has 2 heterocycles. The maximum absolute atomic E-state index is 12.8. The molecule has 2 amide bonds. The molecule has 11 heteroatoms. The number of carbonyl (C=O) groups excluding carboxylic acids is 2. The molecule has 0 saturated heterocycles. The number of thioether (sulfide) groups is 1. The molecule has 1 aliphatic heterocycles. The van der Waals surface area contributed by atoms with E-state index in [2.05, 4.69) is 20.6 Å². The summed E-state index contributed by atoms with van der Waals surface area (Å²) >= 11 is 1.25. The van der Waals surface area contributed by atoms with Gasteiger partial charge >= 0.3 is 6.18 Å². The number of amides is 2. The highest BCUT2D eigenvalue weighted by molar-refractivity contribution is 7.99. The standard InChI is InChI=1S/C17H15F3N4O3S/c1-2-28-16-23-13-12(15(27)24-16)10(7-11(25)22-13)14(26)21-9-5-3-4-8(6-9)17(18,19)20/h3-6,10H,2,7H2,1H3,(H,21,26)(H2,22,23,24,25,27). The Labute approximate surface area is 161 Å². The predicted octanol–water partition coefficient (Wildman–Crippen LogP) is 2.97. The molecule has 0 aliphatic carbocycles. The van der Waals surface area contributed by atoms with Crippen molar-refractivity contribution in [1.82, 2.24) is 9.97 Å². The van der Waals surface area contributed by atoms with Crippen LogP contribution in [0.3, 0.4) is 0 Å². The Morgan fingerprint density at radius 1 is 1.36 bits per heavy atom. The van der Waals surface area contributed by atoms with E-state index in [1.807, 2.05) is 6.92 Å². The summed E-state index contributed by atoms with van der Waals surface area (Å²) < 4.78 is 38.5. The van der Waals surface area contributed by atoms with E-state index in [9.17, 15) is 27.6 Å². The molecule has 0 radical (unpaired) electrons. The molecule has 3 rings (SSSR count). The van der Waals surface area contributed by atoms with Crippen LogP contribution in [0.25, 0.3) is 0 Å². The van der Waals surface area contributed by atoms with E-state index >= 15 is 0 Å². The van der Waals surface area contributed by atoms with Gasteiger partial charge in [-0.3, -0.25) is 14.4 Å². The summed E-state index contributed by atoms with van der Waals surface area (Å²) in [6.45, 7) is 1.86. The molecule has 148 valence electrons. The maximum atomic E-state index is 12.8. The minimum atomic E-state index is -4.56. The lowest BCUT2D eigenvalue weighted by molar-refractivity contribution is -0.137. The number of fused-ring (bicyclic) bond motifs is 1. The zero-order valence-corrected chi connectivity index (χ0v) is 15.3. The van der Waals surface area contributed by atoms with E-state index in [0.717, 1.165) is 18.2 Å². The van der Waals surface area contributed by atoms with Crippen LogP contribution in [0, 0.1) is 0 Å². The van der Waals surface area contributed by atoms with E-state index in [4.69, 9.17) is 0 Å².